The Balaban J connectivity index is 0.00000784. The van der Waals surface area contributed by atoms with Gasteiger partial charge in [-0.25, -0.2) is 0 Å². The van der Waals surface area contributed by atoms with Crippen molar-refractivity contribution in [2.45, 2.75) is 88.5 Å². The molecule has 1 atom stereocenters. The van der Waals surface area contributed by atoms with E-state index in [2.05, 4.69) is 54.5 Å². The van der Waals surface area contributed by atoms with E-state index in [1.165, 1.54) is 82.9 Å². The summed E-state index contributed by atoms with van der Waals surface area (Å²) in [5.41, 5.74) is 1.25. The van der Waals surface area contributed by atoms with Gasteiger partial charge in [0, 0.05) is 11.4 Å². The van der Waals surface area contributed by atoms with Gasteiger partial charge in [-0.1, -0.05) is 82.2 Å². The number of nitrogens with zero attached hydrogens (tertiary/aromatic N) is 1. The highest BCUT2D eigenvalue weighted by Crippen LogP contribution is 2.29. The van der Waals surface area contributed by atoms with Crippen LogP contribution < -0.4 is 12.4 Å². The topological polar surface area (TPSA) is 0 Å². The van der Waals surface area contributed by atoms with Gasteiger partial charge in [0.2, 0.25) is 0 Å². The van der Waals surface area contributed by atoms with E-state index in [1.807, 2.05) is 12.1 Å². The van der Waals surface area contributed by atoms with Gasteiger partial charge in [-0.2, -0.15) is 0 Å². The summed E-state index contributed by atoms with van der Waals surface area (Å²) < 4.78 is 1.51. The molecule has 1 aromatic carbocycles. The predicted octanol–water partition coefficient (Wildman–Crippen LogP) is 5.04. The van der Waals surface area contributed by atoms with Crippen molar-refractivity contribution in [2.75, 3.05) is 19.6 Å². The van der Waals surface area contributed by atoms with Gasteiger partial charge in [0.15, 0.2) is 0 Å². The van der Waals surface area contributed by atoms with Crippen molar-refractivity contribution in [3.8, 4) is 12.3 Å². The van der Waals surface area contributed by atoms with Crippen LogP contribution in [0.5, 0.6) is 0 Å². The van der Waals surface area contributed by atoms with Crippen molar-refractivity contribution >= 4 is 34.2 Å². The molecule has 29 heavy (non-hydrogen) atoms. The van der Waals surface area contributed by atoms with Crippen LogP contribution in [0.1, 0.15) is 83.6 Å². The van der Waals surface area contributed by atoms with Gasteiger partial charge < -0.3 is 16.9 Å². The second kappa shape index (κ2) is 17.7. The molecular formula is C25H40Cl2IN. The molecule has 1 nitrogen and oxygen atoms in total. The standard InChI is InChI=1S/C25H40ClIN.ClH/c1-4-7-9-11-15-20-28(19-6-3,21-16-12-10-8-5-2)25(27)22-23-17-13-14-18-24(23)26;/h3,13-14,17-18,25H,4-5,7-12,15-16,19-22H2,1-2H3;1H/q+1;/p-1. The number of terminal acetylenes is 1. The number of halogens is 3. The first kappa shape index (κ1) is 29.1. The van der Waals surface area contributed by atoms with Crippen molar-refractivity contribution in [3.05, 3.63) is 34.9 Å². The molecule has 0 amide bonds. The molecule has 0 aliphatic carbocycles. The summed E-state index contributed by atoms with van der Waals surface area (Å²) in [6, 6.07) is 8.28. The number of unbranched alkanes of at least 4 members (excludes halogenated alkanes) is 8. The largest absolute Gasteiger partial charge is 1.00 e. The Morgan fingerprint density at radius 1 is 0.931 bits per heavy atom. The second-order valence-electron chi connectivity index (χ2n) is 8.09. The summed E-state index contributed by atoms with van der Waals surface area (Å²) in [4.78, 5) is 0. The summed E-state index contributed by atoms with van der Waals surface area (Å²) in [5.74, 6) is 3.03. The van der Waals surface area contributed by atoms with Gasteiger partial charge in [0.05, 0.1) is 13.1 Å². The lowest BCUT2D eigenvalue weighted by molar-refractivity contribution is -0.927. The Morgan fingerprint density at radius 3 is 1.93 bits per heavy atom. The average Bonchev–Trinajstić information content (AvgIpc) is 2.69. The summed E-state index contributed by atoms with van der Waals surface area (Å²) in [5, 5.41) is 0.883. The maximum Gasteiger partial charge on any atom is 0.144 e. The van der Waals surface area contributed by atoms with Crippen molar-refractivity contribution in [2.24, 2.45) is 0 Å². The van der Waals surface area contributed by atoms with Gasteiger partial charge in [-0.15, -0.1) is 6.42 Å². The Bertz CT molecular complexity index is 556. The SMILES string of the molecule is C#CC[N+](CCCCCCC)(CCCCCCC)C(I)Cc1ccccc1Cl.[Cl-]. The Hall–Kier alpha value is 0.0500. The fourth-order valence-corrected chi connectivity index (χ4v) is 5.37. The van der Waals surface area contributed by atoms with Crippen LogP contribution in [0.25, 0.3) is 0 Å². The molecule has 0 saturated carbocycles. The van der Waals surface area contributed by atoms with E-state index in [1.54, 1.807) is 0 Å². The molecule has 0 aromatic heterocycles. The molecule has 0 heterocycles. The molecular weight excluding hydrogens is 512 g/mol. The highest BCUT2D eigenvalue weighted by molar-refractivity contribution is 14.1. The molecule has 0 N–H and O–H groups in total. The fraction of sp³-hybridized carbons (Fsp3) is 0.680. The second-order valence-corrected chi connectivity index (χ2v) is 9.93. The monoisotopic (exact) mass is 551 g/mol. The molecule has 1 rings (SSSR count). The molecule has 0 bridgehead atoms. The van der Waals surface area contributed by atoms with Gasteiger partial charge in [0.25, 0.3) is 0 Å². The van der Waals surface area contributed by atoms with Crippen LogP contribution in [-0.4, -0.2) is 28.2 Å². The van der Waals surface area contributed by atoms with Gasteiger partial charge in [0.1, 0.15) is 10.6 Å². The van der Waals surface area contributed by atoms with Crippen LogP contribution in [-0.2, 0) is 6.42 Å². The number of hydrogen-bond acceptors (Lipinski definition) is 0. The molecule has 0 fully saturated rings. The number of quaternary nitrogens is 1. The molecule has 0 saturated heterocycles. The van der Waals surface area contributed by atoms with E-state index in [9.17, 15) is 0 Å². The van der Waals surface area contributed by atoms with Gasteiger partial charge >= 0.3 is 0 Å². The third kappa shape index (κ3) is 11.3. The zero-order chi connectivity index (χ0) is 20.7. The molecule has 0 aliphatic rings. The van der Waals surface area contributed by atoms with Crippen LogP contribution in [0.3, 0.4) is 0 Å². The first-order chi connectivity index (χ1) is 13.6. The normalized spacial score (nSPS) is 12.2. The lowest BCUT2D eigenvalue weighted by Crippen LogP contribution is -3.00. The Morgan fingerprint density at radius 2 is 1.45 bits per heavy atom. The van der Waals surface area contributed by atoms with Gasteiger partial charge in [-0.05, 0) is 65.8 Å². The van der Waals surface area contributed by atoms with Crippen molar-refractivity contribution < 1.29 is 16.9 Å². The maximum absolute atomic E-state index is 6.47. The number of rotatable bonds is 16. The van der Waals surface area contributed by atoms with E-state index in [0.717, 1.165) is 22.5 Å². The quantitative estimate of drug-likeness (QED) is 0.0674. The van der Waals surface area contributed by atoms with E-state index in [0.29, 0.717) is 4.05 Å². The minimum Gasteiger partial charge on any atom is -1.00 e. The molecule has 166 valence electrons. The Labute approximate surface area is 205 Å². The van der Waals surface area contributed by atoms with Crippen LogP contribution >= 0.6 is 34.2 Å². The molecule has 0 spiro atoms. The van der Waals surface area contributed by atoms with Gasteiger partial charge in [-0.3, -0.25) is 0 Å². The summed E-state index contributed by atoms with van der Waals surface area (Å²) in [6.45, 7) is 7.78. The van der Waals surface area contributed by atoms with Crippen LogP contribution in [0.2, 0.25) is 5.02 Å². The maximum atomic E-state index is 6.47. The lowest BCUT2D eigenvalue weighted by Gasteiger charge is -2.42. The highest BCUT2D eigenvalue weighted by atomic mass is 127. The zero-order valence-corrected chi connectivity index (χ0v) is 22.1. The van der Waals surface area contributed by atoms with E-state index < -0.39 is 0 Å². The minimum atomic E-state index is 0. The molecule has 4 heteroatoms. The predicted molar refractivity (Wildman–Crippen MR) is 134 cm³/mol. The number of benzene rings is 1. The Kier molecular flexibility index (Phi) is 17.7. The summed E-state index contributed by atoms with van der Waals surface area (Å²) in [6.07, 6.45) is 20.1. The van der Waals surface area contributed by atoms with Crippen molar-refractivity contribution in [1.29, 1.82) is 0 Å². The lowest BCUT2D eigenvalue weighted by atomic mass is 10.1. The fourth-order valence-electron chi connectivity index (χ4n) is 3.93. The molecule has 0 radical (unpaired) electrons. The van der Waals surface area contributed by atoms with Crippen LogP contribution in [0.4, 0.5) is 0 Å². The van der Waals surface area contributed by atoms with E-state index in [4.69, 9.17) is 18.0 Å². The third-order valence-electron chi connectivity index (χ3n) is 5.76. The third-order valence-corrected chi connectivity index (χ3v) is 7.75. The molecule has 1 unspecified atom stereocenters. The van der Waals surface area contributed by atoms with Crippen LogP contribution in [0.15, 0.2) is 24.3 Å². The van der Waals surface area contributed by atoms with Crippen molar-refractivity contribution in [1.82, 2.24) is 0 Å². The summed E-state index contributed by atoms with van der Waals surface area (Å²) in [7, 11) is 0. The van der Waals surface area contributed by atoms with E-state index in [-0.39, 0.29) is 12.4 Å². The molecule has 1 aromatic rings. The van der Waals surface area contributed by atoms with Crippen molar-refractivity contribution in [3.63, 3.8) is 0 Å². The molecule has 0 aliphatic heterocycles. The van der Waals surface area contributed by atoms with Crippen LogP contribution in [0, 0.1) is 12.3 Å². The number of hydrogen-bond donors (Lipinski definition) is 0. The smallest absolute Gasteiger partial charge is 0.144 e. The van der Waals surface area contributed by atoms with E-state index >= 15 is 0 Å². The average molecular weight is 552 g/mol. The minimum absolute atomic E-state index is 0. The number of alkyl halides is 1. The summed E-state index contributed by atoms with van der Waals surface area (Å²) >= 11 is 9.12. The first-order valence-electron chi connectivity index (χ1n) is 11.3. The zero-order valence-electron chi connectivity index (χ0n) is 18.4. The highest BCUT2D eigenvalue weighted by Gasteiger charge is 2.34. The first-order valence-corrected chi connectivity index (χ1v) is 12.9.